The maximum atomic E-state index is 12.9. The number of aromatic nitrogens is 1. The fraction of sp³-hybridized carbons (Fsp3) is 0.100. The number of hydrazone groups is 1. The Labute approximate surface area is 177 Å². The fourth-order valence-corrected chi connectivity index (χ4v) is 2.95. The van der Waals surface area contributed by atoms with Gasteiger partial charge in [0.2, 0.25) is 0 Å². The van der Waals surface area contributed by atoms with E-state index < -0.39 is 11.7 Å². The van der Waals surface area contributed by atoms with Gasteiger partial charge >= 0.3 is 6.18 Å². The highest BCUT2D eigenvalue weighted by Gasteiger charge is 2.30. The normalized spacial score (nSPS) is 11.6. The average molecular weight is 515 g/mol. The van der Waals surface area contributed by atoms with Crippen LogP contribution in [0.4, 0.5) is 23.4 Å². The van der Waals surface area contributed by atoms with Crippen LogP contribution in [0.3, 0.4) is 0 Å². The van der Waals surface area contributed by atoms with E-state index in [1.165, 1.54) is 24.4 Å². The maximum Gasteiger partial charge on any atom is 0.417 e. The third-order valence-corrected chi connectivity index (χ3v) is 4.59. The van der Waals surface area contributed by atoms with E-state index in [0.717, 1.165) is 27.0 Å². The van der Waals surface area contributed by atoms with Crippen molar-refractivity contribution in [2.45, 2.75) is 12.8 Å². The highest BCUT2D eigenvalue weighted by Crippen LogP contribution is 2.28. The zero-order valence-corrected chi connectivity index (χ0v) is 16.9. The second-order valence-corrected chi connectivity index (χ2v) is 7.07. The molecule has 0 atom stereocenters. The van der Waals surface area contributed by atoms with Gasteiger partial charge in [-0.3, -0.25) is 5.43 Å². The highest BCUT2D eigenvalue weighted by molar-refractivity contribution is 14.1. The van der Waals surface area contributed by atoms with Crippen LogP contribution in [0.15, 0.2) is 65.9 Å². The summed E-state index contributed by atoms with van der Waals surface area (Å²) in [6.07, 6.45) is -2.16. The van der Waals surface area contributed by atoms with Gasteiger partial charge in [0.25, 0.3) is 0 Å². The molecule has 0 radical (unpaired) electrons. The van der Waals surface area contributed by atoms with Crippen LogP contribution >= 0.6 is 22.6 Å². The van der Waals surface area contributed by atoms with Crippen LogP contribution in [0, 0.1) is 9.39 Å². The molecule has 0 fully saturated rings. The molecule has 0 spiro atoms. The van der Waals surface area contributed by atoms with Gasteiger partial charge in [-0.15, -0.1) is 0 Å². The van der Waals surface area contributed by atoms with Crippen molar-refractivity contribution in [1.29, 1.82) is 0 Å². The van der Waals surface area contributed by atoms with Gasteiger partial charge in [0.15, 0.2) is 0 Å². The van der Waals surface area contributed by atoms with Crippen LogP contribution < -0.4 is 10.2 Å². The molecule has 1 heterocycles. The molecule has 0 saturated heterocycles. The molecule has 3 rings (SSSR count). The molecule has 0 aliphatic rings. The monoisotopic (exact) mass is 515 g/mol. The second kappa shape index (κ2) is 9.21. The van der Waals surface area contributed by atoms with Crippen molar-refractivity contribution >= 4 is 34.6 Å². The van der Waals surface area contributed by atoms with E-state index in [1.807, 2.05) is 6.07 Å². The molecule has 0 unspecified atom stereocenters. The summed E-state index contributed by atoms with van der Waals surface area (Å²) in [5.41, 5.74) is 3.38. The lowest BCUT2D eigenvalue weighted by atomic mass is 10.2. The van der Waals surface area contributed by atoms with Crippen LogP contribution in [0.1, 0.15) is 16.7 Å². The van der Waals surface area contributed by atoms with E-state index in [2.05, 4.69) is 38.1 Å². The number of rotatable bonds is 6. The number of nitrogens with zero attached hydrogens (tertiary/aromatic N) is 2. The summed E-state index contributed by atoms with van der Waals surface area (Å²) in [6.45, 7) is 0.310. The van der Waals surface area contributed by atoms with Crippen molar-refractivity contribution in [3.8, 4) is 5.75 Å². The van der Waals surface area contributed by atoms with E-state index in [0.29, 0.717) is 12.4 Å². The minimum atomic E-state index is -4.42. The number of hydrogen-bond acceptors (Lipinski definition) is 4. The lowest BCUT2D eigenvalue weighted by Crippen LogP contribution is -2.05. The molecule has 0 aliphatic carbocycles. The quantitative estimate of drug-likeness (QED) is 0.194. The van der Waals surface area contributed by atoms with Gasteiger partial charge < -0.3 is 4.74 Å². The summed E-state index contributed by atoms with van der Waals surface area (Å²) in [5.74, 6) is 0.569. The van der Waals surface area contributed by atoms with Gasteiger partial charge in [-0.2, -0.15) is 18.3 Å². The second-order valence-electron chi connectivity index (χ2n) is 5.90. The number of alkyl halides is 3. The summed E-state index contributed by atoms with van der Waals surface area (Å²) in [6, 6.07) is 13.6. The first-order valence-electron chi connectivity index (χ1n) is 8.30. The smallest absolute Gasteiger partial charge is 0.417 e. The van der Waals surface area contributed by atoms with Crippen molar-refractivity contribution in [2.24, 2.45) is 5.10 Å². The molecule has 2 aromatic carbocycles. The number of anilines is 1. The van der Waals surface area contributed by atoms with Crippen LogP contribution in [0.5, 0.6) is 5.75 Å². The van der Waals surface area contributed by atoms with E-state index in [1.54, 1.807) is 24.3 Å². The molecule has 0 amide bonds. The first kappa shape index (κ1) is 21.0. The van der Waals surface area contributed by atoms with Crippen molar-refractivity contribution in [1.82, 2.24) is 4.98 Å². The lowest BCUT2D eigenvalue weighted by Gasteiger charge is -2.09. The zero-order chi connectivity index (χ0) is 20.9. The number of ether oxygens (including phenoxy) is 1. The number of pyridine rings is 1. The Morgan fingerprint density at radius 3 is 2.45 bits per heavy atom. The largest absolute Gasteiger partial charge is 0.488 e. The minimum Gasteiger partial charge on any atom is -0.488 e. The Morgan fingerprint density at radius 1 is 1.07 bits per heavy atom. The molecule has 0 aliphatic heterocycles. The third kappa shape index (κ3) is 6.14. The lowest BCUT2D eigenvalue weighted by molar-refractivity contribution is -0.137. The van der Waals surface area contributed by atoms with Gasteiger partial charge in [0, 0.05) is 6.20 Å². The van der Waals surface area contributed by atoms with E-state index in [-0.39, 0.29) is 11.6 Å². The molecule has 0 bridgehead atoms. The van der Waals surface area contributed by atoms with E-state index >= 15 is 0 Å². The Balaban J connectivity index is 1.57. The van der Waals surface area contributed by atoms with Crippen molar-refractivity contribution in [2.75, 3.05) is 5.43 Å². The van der Waals surface area contributed by atoms with Crippen molar-refractivity contribution in [3.63, 3.8) is 0 Å². The number of benzene rings is 2. The molecule has 150 valence electrons. The van der Waals surface area contributed by atoms with E-state index in [9.17, 15) is 17.6 Å². The molecule has 4 nitrogen and oxygen atoms in total. The standard InChI is InChI=1S/C20H14F4IN3O/c21-16-5-1-13(2-6-16)12-29-18-7-3-14(9-17(18)25)10-27-28-19-8-4-15(11-26-19)20(22,23)24/h1-11H,12H2,(H,26,28)/b27-10-. The van der Waals surface area contributed by atoms with Gasteiger partial charge in [-0.05, 0) is 76.2 Å². The Bertz CT molecular complexity index is 990. The van der Waals surface area contributed by atoms with E-state index in [4.69, 9.17) is 4.74 Å². The Morgan fingerprint density at radius 2 is 1.83 bits per heavy atom. The van der Waals surface area contributed by atoms with Crippen LogP contribution in [-0.4, -0.2) is 11.2 Å². The molecular formula is C20H14F4IN3O. The third-order valence-electron chi connectivity index (χ3n) is 3.75. The number of hydrogen-bond donors (Lipinski definition) is 1. The van der Waals surface area contributed by atoms with Crippen LogP contribution in [0.2, 0.25) is 0 Å². The first-order valence-corrected chi connectivity index (χ1v) is 9.38. The fourth-order valence-electron chi connectivity index (χ4n) is 2.26. The summed E-state index contributed by atoms with van der Waals surface area (Å²) in [5, 5.41) is 3.98. The predicted octanol–water partition coefficient (Wildman–Crippen LogP) is 5.87. The number of halogens is 5. The molecule has 0 saturated carbocycles. The van der Waals surface area contributed by atoms with Crippen LogP contribution in [-0.2, 0) is 12.8 Å². The molecule has 9 heteroatoms. The van der Waals surface area contributed by atoms with Crippen molar-refractivity contribution in [3.05, 3.63) is 86.9 Å². The Hall–Kier alpha value is -2.69. The van der Waals surface area contributed by atoms with Crippen molar-refractivity contribution < 1.29 is 22.3 Å². The zero-order valence-electron chi connectivity index (χ0n) is 14.8. The first-order chi connectivity index (χ1) is 13.8. The Kier molecular flexibility index (Phi) is 6.68. The molecule has 3 aromatic rings. The summed E-state index contributed by atoms with van der Waals surface area (Å²) in [4.78, 5) is 3.68. The van der Waals surface area contributed by atoms with Gasteiger partial charge in [0.1, 0.15) is 24.0 Å². The molecule has 1 aromatic heterocycles. The summed E-state index contributed by atoms with van der Waals surface area (Å²) >= 11 is 2.12. The molecule has 29 heavy (non-hydrogen) atoms. The van der Waals surface area contributed by atoms with Gasteiger partial charge in [-0.25, -0.2) is 9.37 Å². The SMILES string of the molecule is Fc1ccc(COc2ccc(/C=N\Nc3ccc(C(F)(F)F)cn3)cc2I)cc1. The molecule has 1 N–H and O–H groups in total. The van der Waals surface area contributed by atoms with Crippen LogP contribution in [0.25, 0.3) is 0 Å². The highest BCUT2D eigenvalue weighted by atomic mass is 127. The summed E-state index contributed by atoms with van der Waals surface area (Å²) < 4.78 is 57.1. The number of nitrogens with one attached hydrogen (secondary N) is 1. The average Bonchev–Trinajstić information content (AvgIpc) is 2.68. The van der Waals surface area contributed by atoms with Gasteiger partial charge in [-0.1, -0.05) is 12.1 Å². The minimum absolute atomic E-state index is 0.197. The topological polar surface area (TPSA) is 46.5 Å². The van der Waals surface area contributed by atoms with Gasteiger partial charge in [0.05, 0.1) is 15.3 Å². The molecular weight excluding hydrogens is 501 g/mol. The maximum absolute atomic E-state index is 12.9. The predicted molar refractivity (Wildman–Crippen MR) is 110 cm³/mol. The summed E-state index contributed by atoms with van der Waals surface area (Å²) in [7, 11) is 0.